The van der Waals surface area contributed by atoms with Gasteiger partial charge in [-0.05, 0) is 41.8 Å². The molecule has 1 unspecified atom stereocenters. The molecule has 2 aromatic rings. The van der Waals surface area contributed by atoms with Gasteiger partial charge in [-0.1, -0.05) is 47.5 Å². The Morgan fingerprint density at radius 2 is 1.62 bits per heavy atom. The lowest BCUT2D eigenvalue weighted by Gasteiger charge is -2.45. The zero-order valence-corrected chi connectivity index (χ0v) is 18.4. The van der Waals surface area contributed by atoms with Crippen molar-refractivity contribution in [3.05, 3.63) is 69.2 Å². The summed E-state index contributed by atoms with van der Waals surface area (Å²) >= 11 is 12.4. The second-order valence-corrected chi connectivity index (χ2v) is 9.06. The lowest BCUT2D eigenvalue weighted by Crippen LogP contribution is -2.64. The lowest BCUT2D eigenvalue weighted by molar-refractivity contribution is -0.145. The molecule has 1 fully saturated rings. The Morgan fingerprint density at radius 3 is 2.17 bits per heavy atom. The third-order valence-electron chi connectivity index (χ3n) is 6.47. The van der Waals surface area contributed by atoms with Crippen LogP contribution in [0.2, 0.25) is 10.0 Å². The summed E-state index contributed by atoms with van der Waals surface area (Å²) < 4.78 is 0. The van der Waals surface area contributed by atoms with Gasteiger partial charge in [0.25, 0.3) is 0 Å². The highest BCUT2D eigenvalue weighted by atomic mass is 35.5. The molecule has 1 N–H and O–H groups in total. The third-order valence-corrected chi connectivity index (χ3v) is 6.91. The number of likely N-dealkylation sites (N-methyl/N-ethyl adjacent to an activating group) is 1. The Labute approximate surface area is 182 Å². The van der Waals surface area contributed by atoms with Crippen LogP contribution < -0.4 is 5.32 Å². The molecule has 29 heavy (non-hydrogen) atoms. The van der Waals surface area contributed by atoms with Gasteiger partial charge < -0.3 is 10.2 Å². The summed E-state index contributed by atoms with van der Waals surface area (Å²) in [6.45, 7) is 5.62. The highest BCUT2D eigenvalue weighted by Crippen LogP contribution is 2.38. The Morgan fingerprint density at radius 1 is 1.07 bits per heavy atom. The second kappa shape index (κ2) is 8.27. The first-order chi connectivity index (χ1) is 13.9. The average Bonchev–Trinajstić information content (AvgIpc) is 3.13. The Kier molecular flexibility index (Phi) is 5.90. The summed E-state index contributed by atoms with van der Waals surface area (Å²) in [7, 11) is 1.90. The van der Waals surface area contributed by atoms with Gasteiger partial charge in [0.1, 0.15) is 5.54 Å². The molecule has 2 aromatic carbocycles. The van der Waals surface area contributed by atoms with E-state index >= 15 is 0 Å². The van der Waals surface area contributed by atoms with Gasteiger partial charge in [0.15, 0.2) is 0 Å². The second-order valence-electron chi connectivity index (χ2n) is 8.19. The van der Waals surface area contributed by atoms with Crippen molar-refractivity contribution in [2.45, 2.75) is 31.3 Å². The number of carbonyl (C=O) groups is 1. The normalized spacial score (nSPS) is 19.6. The quantitative estimate of drug-likeness (QED) is 0.795. The van der Waals surface area contributed by atoms with Crippen LogP contribution in [0.5, 0.6) is 0 Å². The molecule has 0 aromatic heterocycles. The van der Waals surface area contributed by atoms with Crippen LogP contribution in [0.15, 0.2) is 42.5 Å². The highest BCUT2D eigenvalue weighted by Gasteiger charge is 2.50. The number of piperazine rings is 1. The van der Waals surface area contributed by atoms with Crippen LogP contribution >= 0.6 is 23.2 Å². The predicted molar refractivity (Wildman–Crippen MR) is 119 cm³/mol. The van der Waals surface area contributed by atoms with Crippen LogP contribution in [0.3, 0.4) is 0 Å². The first-order valence-corrected chi connectivity index (χ1v) is 10.9. The molecule has 154 valence electrons. The molecule has 1 aliphatic carbocycles. The van der Waals surface area contributed by atoms with E-state index in [0.717, 1.165) is 44.6 Å². The van der Waals surface area contributed by atoms with Crippen molar-refractivity contribution in [2.75, 3.05) is 33.2 Å². The number of fused-ring (bicyclic) bond motifs is 1. The number of hydrogen-bond donors (Lipinski definition) is 1. The number of hydrogen-bond acceptors (Lipinski definition) is 3. The SMILES string of the molecule is CC(c1cc(Cl)cc(Cl)c1)N(C)C(=O)C1(N2CCNCC2)Cc2ccccc2C1. The standard InChI is InChI=1S/C23H27Cl2N3O/c1-16(19-11-20(24)13-21(25)12-19)27(2)22(29)23(28-9-7-26-8-10-28)14-17-5-3-4-6-18(17)15-23/h3-6,11-13,16,26H,7-10,14-15H2,1-2H3. The Hall–Kier alpha value is -1.59. The van der Waals surface area contributed by atoms with E-state index in [9.17, 15) is 4.79 Å². The van der Waals surface area contributed by atoms with E-state index in [0.29, 0.717) is 10.0 Å². The molecule has 4 rings (SSSR count). The number of amides is 1. The van der Waals surface area contributed by atoms with Gasteiger partial charge in [-0.3, -0.25) is 9.69 Å². The van der Waals surface area contributed by atoms with Gasteiger partial charge in [0, 0.05) is 56.1 Å². The van der Waals surface area contributed by atoms with Gasteiger partial charge in [0.2, 0.25) is 5.91 Å². The molecule has 2 aliphatic rings. The highest BCUT2D eigenvalue weighted by molar-refractivity contribution is 6.34. The van der Waals surface area contributed by atoms with E-state index in [1.54, 1.807) is 6.07 Å². The molecule has 1 heterocycles. The number of nitrogens with zero attached hydrogens (tertiary/aromatic N) is 2. The summed E-state index contributed by atoms with van der Waals surface area (Å²) in [6, 6.07) is 13.8. The Bertz CT molecular complexity index is 865. The van der Waals surface area contributed by atoms with Crippen LogP contribution in [0.25, 0.3) is 0 Å². The average molecular weight is 432 g/mol. The first-order valence-electron chi connectivity index (χ1n) is 10.2. The fourth-order valence-corrected chi connectivity index (χ4v) is 5.29. The zero-order valence-electron chi connectivity index (χ0n) is 16.9. The molecule has 1 aliphatic heterocycles. The summed E-state index contributed by atoms with van der Waals surface area (Å²) in [6.07, 6.45) is 1.52. The molecule has 1 atom stereocenters. The summed E-state index contributed by atoms with van der Waals surface area (Å²) in [5, 5.41) is 4.59. The van der Waals surface area contributed by atoms with Crippen LogP contribution in [-0.4, -0.2) is 54.5 Å². The molecule has 6 heteroatoms. The minimum Gasteiger partial charge on any atom is -0.337 e. The van der Waals surface area contributed by atoms with E-state index in [-0.39, 0.29) is 11.9 Å². The fourth-order valence-electron chi connectivity index (χ4n) is 4.74. The number of nitrogens with one attached hydrogen (secondary N) is 1. The van der Waals surface area contributed by atoms with Crippen LogP contribution in [0, 0.1) is 0 Å². The van der Waals surface area contributed by atoms with E-state index in [4.69, 9.17) is 23.2 Å². The lowest BCUT2D eigenvalue weighted by atomic mass is 9.89. The topological polar surface area (TPSA) is 35.6 Å². The molecule has 0 radical (unpaired) electrons. The van der Waals surface area contributed by atoms with E-state index < -0.39 is 5.54 Å². The Balaban J connectivity index is 1.66. The first kappa shape index (κ1) is 20.7. The van der Waals surface area contributed by atoms with Crippen molar-refractivity contribution >= 4 is 29.1 Å². The number of benzene rings is 2. The molecule has 0 spiro atoms. The third kappa shape index (κ3) is 3.91. The number of carbonyl (C=O) groups excluding carboxylic acids is 1. The summed E-state index contributed by atoms with van der Waals surface area (Å²) in [4.78, 5) is 18.3. The number of rotatable bonds is 4. The maximum absolute atomic E-state index is 14.0. The van der Waals surface area contributed by atoms with Crippen molar-refractivity contribution in [1.29, 1.82) is 0 Å². The zero-order chi connectivity index (χ0) is 20.6. The smallest absolute Gasteiger partial charge is 0.244 e. The molecule has 0 bridgehead atoms. The minimum atomic E-state index is -0.531. The maximum Gasteiger partial charge on any atom is 0.244 e. The van der Waals surface area contributed by atoms with Crippen molar-refractivity contribution in [2.24, 2.45) is 0 Å². The fraction of sp³-hybridized carbons (Fsp3) is 0.435. The van der Waals surface area contributed by atoms with Gasteiger partial charge in [-0.2, -0.15) is 0 Å². The molecule has 1 saturated heterocycles. The van der Waals surface area contributed by atoms with E-state index in [1.807, 2.05) is 31.0 Å². The van der Waals surface area contributed by atoms with Crippen LogP contribution in [0.1, 0.15) is 29.7 Å². The van der Waals surface area contributed by atoms with Gasteiger partial charge in [-0.25, -0.2) is 0 Å². The summed E-state index contributed by atoms with van der Waals surface area (Å²) in [5.74, 6) is 0.166. The summed E-state index contributed by atoms with van der Waals surface area (Å²) in [5.41, 5.74) is 2.98. The minimum absolute atomic E-state index is 0.123. The molecular weight excluding hydrogens is 405 g/mol. The predicted octanol–water partition coefficient (Wildman–Crippen LogP) is 3.96. The van der Waals surface area contributed by atoms with E-state index in [1.165, 1.54) is 11.1 Å². The van der Waals surface area contributed by atoms with Gasteiger partial charge in [0.05, 0.1) is 6.04 Å². The molecule has 1 amide bonds. The van der Waals surface area contributed by atoms with Gasteiger partial charge in [-0.15, -0.1) is 0 Å². The van der Waals surface area contributed by atoms with Crippen LogP contribution in [0.4, 0.5) is 0 Å². The van der Waals surface area contributed by atoms with Crippen molar-refractivity contribution in [3.8, 4) is 0 Å². The molecule has 0 saturated carbocycles. The van der Waals surface area contributed by atoms with Crippen molar-refractivity contribution in [1.82, 2.24) is 15.1 Å². The van der Waals surface area contributed by atoms with Crippen LogP contribution in [-0.2, 0) is 17.6 Å². The van der Waals surface area contributed by atoms with Crippen molar-refractivity contribution < 1.29 is 4.79 Å². The monoisotopic (exact) mass is 431 g/mol. The van der Waals surface area contributed by atoms with Gasteiger partial charge >= 0.3 is 0 Å². The largest absolute Gasteiger partial charge is 0.337 e. The molecular formula is C23H27Cl2N3O. The number of halogens is 2. The maximum atomic E-state index is 14.0. The van der Waals surface area contributed by atoms with E-state index in [2.05, 4.69) is 34.5 Å². The van der Waals surface area contributed by atoms with Crippen molar-refractivity contribution in [3.63, 3.8) is 0 Å². The molecule has 4 nitrogen and oxygen atoms in total.